The van der Waals surface area contributed by atoms with E-state index in [1.807, 2.05) is 0 Å². The number of nitrogens with zero attached hydrogens (tertiary/aromatic N) is 1. The molecule has 132 valence electrons. The van der Waals surface area contributed by atoms with Crippen molar-refractivity contribution in [3.63, 3.8) is 0 Å². The molecular weight excluding hydrogens is 327 g/mol. The Morgan fingerprint density at radius 3 is 2.50 bits per heavy atom. The molecule has 0 aliphatic rings. The van der Waals surface area contributed by atoms with Crippen LogP contribution in [0.4, 0.5) is 13.2 Å². The Balaban J connectivity index is 3.51. The molecule has 1 rings (SSSR count). The predicted molar refractivity (Wildman–Crippen MR) is 82.2 cm³/mol. The van der Waals surface area contributed by atoms with Crippen LogP contribution in [0.1, 0.15) is 26.3 Å². The van der Waals surface area contributed by atoms with Gasteiger partial charge in [0.2, 0.25) is 0 Å². The zero-order valence-corrected chi connectivity index (χ0v) is 13.4. The van der Waals surface area contributed by atoms with Crippen LogP contribution >= 0.6 is 0 Å². The van der Waals surface area contributed by atoms with Crippen LogP contribution in [-0.4, -0.2) is 41.1 Å². The summed E-state index contributed by atoms with van der Waals surface area (Å²) in [4.78, 5) is 15.8. The first kappa shape index (κ1) is 19.7. The Hall–Kier alpha value is -2.35. The third-order valence-corrected chi connectivity index (χ3v) is 2.93. The monoisotopic (exact) mass is 345 g/mol. The predicted octanol–water partition coefficient (Wildman–Crippen LogP) is 2.78. The molecule has 2 N–H and O–H groups in total. The average Bonchev–Trinajstić information content (AvgIpc) is 2.51. The summed E-state index contributed by atoms with van der Waals surface area (Å²) in [7, 11) is 0. The molecule has 0 amide bonds. The highest BCUT2D eigenvalue weighted by Crippen LogP contribution is 2.23. The fourth-order valence-corrected chi connectivity index (χ4v) is 1.57. The number of ether oxygens (including phenoxy) is 1. The van der Waals surface area contributed by atoms with Gasteiger partial charge in [0.1, 0.15) is 17.1 Å². The van der Waals surface area contributed by atoms with E-state index in [4.69, 9.17) is 9.84 Å². The van der Waals surface area contributed by atoms with Gasteiger partial charge in [-0.3, -0.25) is 4.99 Å². The number of hydrogen-bond donors (Lipinski definition) is 2. The Bertz CT molecular complexity index is 684. The quantitative estimate of drug-likeness (QED) is 0.273. The largest absolute Gasteiger partial charge is 0.506 e. The van der Waals surface area contributed by atoms with Gasteiger partial charge in [-0.15, -0.1) is 0 Å². The van der Waals surface area contributed by atoms with E-state index in [0.717, 1.165) is 6.21 Å². The summed E-state index contributed by atoms with van der Waals surface area (Å²) in [6.07, 6.45) is 0.867. The van der Waals surface area contributed by atoms with E-state index in [2.05, 4.69) is 4.99 Å². The molecule has 0 spiro atoms. The van der Waals surface area contributed by atoms with Crippen LogP contribution in [0.2, 0.25) is 0 Å². The molecule has 24 heavy (non-hydrogen) atoms. The van der Waals surface area contributed by atoms with Crippen molar-refractivity contribution in [2.75, 3.05) is 13.2 Å². The zero-order valence-electron chi connectivity index (χ0n) is 13.4. The summed E-state index contributed by atoms with van der Waals surface area (Å²) in [6.45, 7) is 4.15. The number of esters is 1. The Labute approximate surface area is 137 Å². The zero-order chi connectivity index (χ0) is 18.5. The van der Waals surface area contributed by atoms with Crippen LogP contribution < -0.4 is 0 Å². The number of carbonyl (C=O) groups excluding carboxylic acids is 1. The third-order valence-electron chi connectivity index (χ3n) is 2.93. The number of aliphatic imine (C=N–C) groups is 1. The maximum absolute atomic E-state index is 13.8. The van der Waals surface area contributed by atoms with Crippen molar-refractivity contribution in [1.82, 2.24) is 0 Å². The lowest BCUT2D eigenvalue weighted by Gasteiger charge is -2.16. The van der Waals surface area contributed by atoms with Crippen LogP contribution in [0.15, 0.2) is 22.7 Å². The Kier molecular flexibility index (Phi) is 6.53. The molecule has 0 aliphatic carbocycles. The molecular formula is C16H18F3NO4. The SMILES string of the molecule is CCOC(=O)C(C=NC(C)(C)CO)=C(O)c1cc(F)cc(F)c1F. The molecule has 1 aromatic carbocycles. The summed E-state index contributed by atoms with van der Waals surface area (Å²) in [5, 5.41) is 19.3. The van der Waals surface area contributed by atoms with E-state index in [9.17, 15) is 23.1 Å². The second-order valence-corrected chi connectivity index (χ2v) is 5.46. The van der Waals surface area contributed by atoms with Crippen LogP contribution in [0.3, 0.4) is 0 Å². The molecule has 0 bridgehead atoms. The van der Waals surface area contributed by atoms with Crippen molar-refractivity contribution < 1.29 is 32.9 Å². The standard InChI is InChI=1S/C16H18F3NO4/c1-4-24-15(23)11(7-20-16(2,3)8-21)14(22)10-5-9(17)6-12(18)13(10)19/h5-7,21-22H,4,8H2,1-3H3. The van der Waals surface area contributed by atoms with Crippen molar-refractivity contribution in [1.29, 1.82) is 0 Å². The van der Waals surface area contributed by atoms with E-state index in [1.54, 1.807) is 0 Å². The van der Waals surface area contributed by atoms with Gasteiger partial charge < -0.3 is 14.9 Å². The molecule has 0 radical (unpaired) electrons. The maximum Gasteiger partial charge on any atom is 0.343 e. The van der Waals surface area contributed by atoms with Crippen molar-refractivity contribution in [3.8, 4) is 0 Å². The lowest BCUT2D eigenvalue weighted by Crippen LogP contribution is -2.23. The molecule has 8 heteroatoms. The Morgan fingerprint density at radius 2 is 1.96 bits per heavy atom. The summed E-state index contributed by atoms with van der Waals surface area (Å²) >= 11 is 0. The average molecular weight is 345 g/mol. The molecule has 0 unspecified atom stereocenters. The third kappa shape index (κ3) is 4.82. The molecule has 0 fully saturated rings. The van der Waals surface area contributed by atoms with Crippen molar-refractivity contribution >= 4 is 17.9 Å². The maximum atomic E-state index is 13.8. The van der Waals surface area contributed by atoms with Crippen LogP contribution in [0, 0.1) is 17.5 Å². The van der Waals surface area contributed by atoms with E-state index >= 15 is 0 Å². The summed E-state index contributed by atoms with van der Waals surface area (Å²) in [5.41, 5.74) is -2.44. The highest BCUT2D eigenvalue weighted by atomic mass is 19.2. The van der Waals surface area contributed by atoms with Crippen molar-refractivity contribution in [2.24, 2.45) is 4.99 Å². The van der Waals surface area contributed by atoms with Gasteiger partial charge in [0, 0.05) is 12.3 Å². The van der Waals surface area contributed by atoms with Gasteiger partial charge in [-0.25, -0.2) is 18.0 Å². The van der Waals surface area contributed by atoms with E-state index in [1.165, 1.54) is 20.8 Å². The molecule has 0 aromatic heterocycles. The summed E-state index contributed by atoms with van der Waals surface area (Å²) in [6, 6.07) is 0.844. The number of halogens is 3. The second kappa shape index (κ2) is 7.96. The van der Waals surface area contributed by atoms with Gasteiger partial charge in [-0.2, -0.15) is 0 Å². The topological polar surface area (TPSA) is 79.1 Å². The molecule has 0 saturated carbocycles. The highest BCUT2D eigenvalue weighted by Gasteiger charge is 2.23. The molecule has 0 heterocycles. The van der Waals surface area contributed by atoms with Gasteiger partial charge in [0.15, 0.2) is 11.6 Å². The Morgan fingerprint density at radius 1 is 1.33 bits per heavy atom. The van der Waals surface area contributed by atoms with Crippen molar-refractivity contribution in [2.45, 2.75) is 26.3 Å². The van der Waals surface area contributed by atoms with Gasteiger partial charge in [-0.05, 0) is 26.8 Å². The molecule has 0 atom stereocenters. The number of hydrogen-bond acceptors (Lipinski definition) is 5. The number of rotatable bonds is 6. The van der Waals surface area contributed by atoms with Crippen LogP contribution in [0.25, 0.3) is 5.76 Å². The number of aliphatic hydroxyl groups is 2. The fraction of sp³-hybridized carbons (Fsp3) is 0.375. The first-order valence-electron chi connectivity index (χ1n) is 7.04. The second-order valence-electron chi connectivity index (χ2n) is 5.46. The van der Waals surface area contributed by atoms with E-state index in [-0.39, 0.29) is 13.2 Å². The smallest absolute Gasteiger partial charge is 0.343 e. The summed E-state index contributed by atoms with van der Waals surface area (Å²) in [5.74, 6) is -6.26. The van der Waals surface area contributed by atoms with Gasteiger partial charge in [0.25, 0.3) is 0 Å². The molecule has 0 saturated heterocycles. The minimum Gasteiger partial charge on any atom is -0.506 e. The van der Waals surface area contributed by atoms with E-state index in [0.29, 0.717) is 12.1 Å². The first-order valence-corrected chi connectivity index (χ1v) is 7.04. The first-order chi connectivity index (χ1) is 11.1. The lowest BCUT2D eigenvalue weighted by atomic mass is 10.1. The molecule has 0 aliphatic heterocycles. The minimum atomic E-state index is -1.52. The molecule has 1 aromatic rings. The van der Waals surface area contributed by atoms with Crippen LogP contribution in [0.5, 0.6) is 0 Å². The summed E-state index contributed by atoms with van der Waals surface area (Å²) < 4.78 is 45.1. The normalized spacial score (nSPS) is 13.1. The fourth-order valence-electron chi connectivity index (χ4n) is 1.57. The number of aliphatic hydroxyl groups excluding tert-OH is 2. The van der Waals surface area contributed by atoms with Gasteiger partial charge in [-0.1, -0.05) is 0 Å². The van der Waals surface area contributed by atoms with E-state index < -0.39 is 45.9 Å². The van der Waals surface area contributed by atoms with Gasteiger partial charge in [0.05, 0.1) is 24.3 Å². The minimum absolute atomic E-state index is 0.0488. The number of carbonyl (C=O) groups is 1. The highest BCUT2D eigenvalue weighted by molar-refractivity contribution is 6.15. The van der Waals surface area contributed by atoms with Crippen LogP contribution in [-0.2, 0) is 9.53 Å². The molecule has 5 nitrogen and oxygen atoms in total. The van der Waals surface area contributed by atoms with Gasteiger partial charge >= 0.3 is 5.97 Å². The van der Waals surface area contributed by atoms with Crippen molar-refractivity contribution in [3.05, 3.63) is 40.7 Å². The number of benzene rings is 1. The lowest BCUT2D eigenvalue weighted by molar-refractivity contribution is -0.137.